The van der Waals surface area contributed by atoms with E-state index in [1.165, 1.54) is 12.1 Å². The molecule has 2 aromatic carbocycles. The number of carbonyl (C=O) groups excluding carboxylic acids is 2. The summed E-state index contributed by atoms with van der Waals surface area (Å²) in [6, 6.07) is 13.8. The van der Waals surface area contributed by atoms with Crippen LogP contribution >= 0.6 is 0 Å². The first kappa shape index (κ1) is 18.4. The predicted octanol–water partition coefficient (Wildman–Crippen LogP) is 3.29. The Bertz CT molecular complexity index is 702. The van der Waals surface area contributed by atoms with Crippen molar-refractivity contribution in [2.24, 2.45) is 5.92 Å². The molecule has 0 aromatic heterocycles. The third-order valence-electron chi connectivity index (χ3n) is 3.65. The number of halogens is 1. The summed E-state index contributed by atoms with van der Waals surface area (Å²) >= 11 is 0. The van der Waals surface area contributed by atoms with Crippen LogP contribution in [0.5, 0.6) is 0 Å². The van der Waals surface area contributed by atoms with Crippen molar-refractivity contribution >= 4 is 17.6 Å². The lowest BCUT2D eigenvalue weighted by Crippen LogP contribution is -2.50. The van der Waals surface area contributed by atoms with Gasteiger partial charge in [-0.1, -0.05) is 44.2 Å². The van der Waals surface area contributed by atoms with Crippen LogP contribution in [0.1, 0.15) is 19.4 Å². The lowest BCUT2D eigenvalue weighted by atomic mass is 10.0. The smallest absolute Gasteiger partial charge is 0.319 e. The molecule has 2 rings (SSSR count). The van der Waals surface area contributed by atoms with E-state index in [4.69, 9.17) is 0 Å². The van der Waals surface area contributed by atoms with Gasteiger partial charge in [-0.3, -0.25) is 4.79 Å². The summed E-state index contributed by atoms with van der Waals surface area (Å²) in [6.45, 7) is 3.97. The molecule has 0 bridgehead atoms. The van der Waals surface area contributed by atoms with Crippen LogP contribution in [0.4, 0.5) is 14.9 Å². The molecule has 0 aliphatic carbocycles. The van der Waals surface area contributed by atoms with E-state index in [2.05, 4.69) is 16.0 Å². The van der Waals surface area contributed by atoms with Gasteiger partial charge in [0.2, 0.25) is 5.91 Å². The highest BCUT2D eigenvalue weighted by Gasteiger charge is 2.23. The molecule has 1 atom stereocenters. The fourth-order valence-corrected chi connectivity index (χ4v) is 2.27. The molecule has 3 N–H and O–H groups in total. The number of benzene rings is 2. The Balaban J connectivity index is 1.91. The van der Waals surface area contributed by atoms with Gasteiger partial charge in [-0.15, -0.1) is 0 Å². The fraction of sp³-hybridized carbons (Fsp3) is 0.263. The second-order valence-electron chi connectivity index (χ2n) is 6.03. The van der Waals surface area contributed by atoms with Gasteiger partial charge in [0.1, 0.15) is 11.9 Å². The second kappa shape index (κ2) is 8.82. The summed E-state index contributed by atoms with van der Waals surface area (Å²) in [5.74, 6) is -0.702. The molecule has 5 nitrogen and oxygen atoms in total. The van der Waals surface area contributed by atoms with Gasteiger partial charge in [-0.05, 0) is 35.7 Å². The molecule has 1 unspecified atom stereocenters. The number of rotatable bonds is 6. The molecule has 0 aliphatic rings. The van der Waals surface area contributed by atoms with Crippen LogP contribution < -0.4 is 16.0 Å². The monoisotopic (exact) mass is 343 g/mol. The first-order valence-corrected chi connectivity index (χ1v) is 8.10. The van der Waals surface area contributed by atoms with E-state index >= 15 is 0 Å². The minimum atomic E-state index is -0.677. The molecular formula is C19H22FN3O2. The van der Waals surface area contributed by atoms with E-state index in [9.17, 15) is 14.0 Å². The van der Waals surface area contributed by atoms with Crippen LogP contribution in [0.15, 0.2) is 54.6 Å². The maximum atomic E-state index is 12.9. The van der Waals surface area contributed by atoms with Gasteiger partial charge in [0.15, 0.2) is 0 Å². The summed E-state index contributed by atoms with van der Waals surface area (Å²) in [5.41, 5.74) is 1.43. The lowest BCUT2D eigenvalue weighted by Gasteiger charge is -2.22. The molecule has 132 valence electrons. The van der Waals surface area contributed by atoms with Gasteiger partial charge >= 0.3 is 6.03 Å². The third-order valence-corrected chi connectivity index (χ3v) is 3.65. The molecular weight excluding hydrogens is 321 g/mol. The zero-order valence-corrected chi connectivity index (χ0v) is 14.3. The molecule has 0 saturated heterocycles. The summed E-state index contributed by atoms with van der Waals surface area (Å²) in [4.78, 5) is 24.5. The Kier molecular flexibility index (Phi) is 6.51. The normalized spacial score (nSPS) is 11.7. The van der Waals surface area contributed by atoms with Crippen LogP contribution in [-0.4, -0.2) is 18.0 Å². The average molecular weight is 343 g/mol. The van der Waals surface area contributed by atoms with Crippen LogP contribution in [0, 0.1) is 11.7 Å². The molecule has 0 saturated carbocycles. The zero-order valence-electron chi connectivity index (χ0n) is 14.3. The highest BCUT2D eigenvalue weighted by atomic mass is 19.1. The maximum Gasteiger partial charge on any atom is 0.319 e. The second-order valence-corrected chi connectivity index (χ2v) is 6.03. The van der Waals surface area contributed by atoms with Crippen molar-refractivity contribution in [3.63, 3.8) is 0 Å². The molecule has 0 heterocycles. The molecule has 0 aliphatic heterocycles. The Labute approximate surface area is 146 Å². The average Bonchev–Trinajstić information content (AvgIpc) is 2.59. The van der Waals surface area contributed by atoms with Crippen molar-refractivity contribution in [2.75, 3.05) is 5.32 Å². The van der Waals surface area contributed by atoms with Gasteiger partial charge in [-0.2, -0.15) is 0 Å². The van der Waals surface area contributed by atoms with E-state index in [-0.39, 0.29) is 24.2 Å². The molecule has 0 radical (unpaired) electrons. The summed E-state index contributed by atoms with van der Waals surface area (Å²) in [5, 5.41) is 8.14. The molecule has 0 spiro atoms. The summed E-state index contributed by atoms with van der Waals surface area (Å²) in [7, 11) is 0. The number of anilines is 1. The molecule has 6 heteroatoms. The standard InChI is InChI=1S/C19H22FN3O2/c1-13(2)17(23-19(25)22-16-6-4-3-5-7-16)18(24)21-12-14-8-10-15(20)11-9-14/h3-11,13,17H,12H2,1-2H3,(H,21,24)(H2,22,23,25). The number of hydrogen-bond acceptors (Lipinski definition) is 2. The number of carbonyl (C=O) groups is 2. The van der Waals surface area contributed by atoms with Gasteiger partial charge in [-0.25, -0.2) is 9.18 Å². The zero-order chi connectivity index (χ0) is 18.2. The van der Waals surface area contributed by atoms with Crippen molar-refractivity contribution in [1.29, 1.82) is 0 Å². The van der Waals surface area contributed by atoms with E-state index in [1.807, 2.05) is 32.0 Å². The van der Waals surface area contributed by atoms with Crippen molar-refractivity contribution in [2.45, 2.75) is 26.4 Å². The van der Waals surface area contributed by atoms with Gasteiger partial charge in [0.25, 0.3) is 0 Å². The van der Waals surface area contributed by atoms with Crippen molar-refractivity contribution in [1.82, 2.24) is 10.6 Å². The number of amides is 3. The van der Waals surface area contributed by atoms with Gasteiger partial charge in [0.05, 0.1) is 0 Å². The summed E-state index contributed by atoms with van der Waals surface area (Å²) < 4.78 is 12.9. The quantitative estimate of drug-likeness (QED) is 0.753. The Hall–Kier alpha value is -2.89. The first-order chi connectivity index (χ1) is 12.0. The van der Waals surface area contributed by atoms with Gasteiger partial charge < -0.3 is 16.0 Å². The van der Waals surface area contributed by atoms with E-state index in [0.29, 0.717) is 5.69 Å². The SMILES string of the molecule is CC(C)C(NC(=O)Nc1ccccc1)C(=O)NCc1ccc(F)cc1. The topological polar surface area (TPSA) is 70.2 Å². The number of hydrogen-bond donors (Lipinski definition) is 3. The van der Waals surface area contributed by atoms with Crippen molar-refractivity contribution in [3.05, 3.63) is 66.0 Å². The lowest BCUT2D eigenvalue weighted by molar-refractivity contribution is -0.124. The number of nitrogens with one attached hydrogen (secondary N) is 3. The maximum absolute atomic E-state index is 12.9. The molecule has 2 aromatic rings. The van der Waals surface area contributed by atoms with Gasteiger partial charge in [0, 0.05) is 12.2 Å². The third kappa shape index (κ3) is 5.91. The fourth-order valence-electron chi connectivity index (χ4n) is 2.27. The largest absolute Gasteiger partial charge is 0.350 e. The predicted molar refractivity (Wildman–Crippen MR) is 95.5 cm³/mol. The molecule has 0 fully saturated rings. The van der Waals surface area contributed by atoms with Crippen LogP contribution in [0.2, 0.25) is 0 Å². The Morgan fingerprint density at radius 2 is 1.64 bits per heavy atom. The summed E-state index contributed by atoms with van der Waals surface area (Å²) in [6.07, 6.45) is 0. The highest BCUT2D eigenvalue weighted by molar-refractivity contribution is 5.93. The number of para-hydroxylation sites is 1. The Morgan fingerprint density at radius 1 is 1.00 bits per heavy atom. The Morgan fingerprint density at radius 3 is 2.24 bits per heavy atom. The van der Waals surface area contributed by atoms with Crippen molar-refractivity contribution < 1.29 is 14.0 Å². The van der Waals surface area contributed by atoms with E-state index < -0.39 is 12.1 Å². The molecule has 25 heavy (non-hydrogen) atoms. The van der Waals surface area contributed by atoms with Crippen LogP contribution in [-0.2, 0) is 11.3 Å². The highest BCUT2D eigenvalue weighted by Crippen LogP contribution is 2.07. The van der Waals surface area contributed by atoms with Crippen LogP contribution in [0.25, 0.3) is 0 Å². The van der Waals surface area contributed by atoms with Crippen LogP contribution in [0.3, 0.4) is 0 Å². The van der Waals surface area contributed by atoms with E-state index in [0.717, 1.165) is 5.56 Å². The number of urea groups is 1. The van der Waals surface area contributed by atoms with Crippen molar-refractivity contribution in [3.8, 4) is 0 Å². The minimum absolute atomic E-state index is 0.0882. The van der Waals surface area contributed by atoms with E-state index in [1.54, 1.807) is 24.3 Å². The first-order valence-electron chi connectivity index (χ1n) is 8.10. The molecule has 3 amide bonds. The minimum Gasteiger partial charge on any atom is -0.350 e.